The van der Waals surface area contributed by atoms with Gasteiger partial charge in [0.2, 0.25) is 0 Å². The molecule has 0 spiro atoms. The van der Waals surface area contributed by atoms with Gasteiger partial charge in [-0.3, -0.25) is 0 Å². The molecule has 0 aliphatic carbocycles. The highest BCUT2D eigenvalue weighted by Gasteiger charge is 2.01. The lowest BCUT2D eigenvalue weighted by Crippen LogP contribution is -2.08. The van der Waals surface area contributed by atoms with Crippen LogP contribution in [0.2, 0.25) is 0 Å². The Morgan fingerprint density at radius 2 is 2.13 bits per heavy atom. The predicted octanol–water partition coefficient (Wildman–Crippen LogP) is 0.865. The Hall–Kier alpha value is -1.00. The van der Waals surface area contributed by atoms with Crippen LogP contribution in [-0.4, -0.2) is 30.2 Å². The van der Waals surface area contributed by atoms with E-state index in [0.29, 0.717) is 6.54 Å². The molecule has 0 aliphatic rings. The molecule has 0 amide bonds. The second-order valence-corrected chi connectivity index (χ2v) is 3.55. The number of aromatic nitrogens is 2. The third kappa shape index (κ3) is 4.36. The van der Waals surface area contributed by atoms with Crippen LogP contribution >= 0.6 is 0 Å². The summed E-state index contributed by atoms with van der Waals surface area (Å²) >= 11 is 0. The minimum Gasteiger partial charge on any atom is -0.385 e. The Labute approximate surface area is 90.9 Å². The van der Waals surface area contributed by atoms with E-state index in [1.54, 1.807) is 7.11 Å². The molecular weight excluding hydrogens is 190 g/mol. The Morgan fingerprint density at radius 3 is 2.80 bits per heavy atom. The smallest absolute Gasteiger partial charge is 0.128 e. The van der Waals surface area contributed by atoms with E-state index in [1.807, 2.05) is 13.0 Å². The fourth-order valence-corrected chi connectivity index (χ4v) is 1.46. The predicted molar refractivity (Wildman–Crippen MR) is 59.7 cm³/mol. The molecule has 84 valence electrons. The van der Waals surface area contributed by atoms with Crippen molar-refractivity contribution in [1.82, 2.24) is 9.97 Å². The van der Waals surface area contributed by atoms with Crippen molar-refractivity contribution < 1.29 is 4.74 Å². The molecule has 0 radical (unpaired) electrons. The van der Waals surface area contributed by atoms with Gasteiger partial charge in [0.05, 0.1) is 0 Å². The van der Waals surface area contributed by atoms with Crippen molar-refractivity contribution in [2.75, 3.05) is 20.3 Å². The summed E-state index contributed by atoms with van der Waals surface area (Å²) in [5.74, 6) is 0.899. The molecule has 0 unspecified atom stereocenters. The average Bonchev–Trinajstić information content (AvgIpc) is 2.18. The van der Waals surface area contributed by atoms with Gasteiger partial charge in [-0.2, -0.15) is 0 Å². The van der Waals surface area contributed by atoms with Gasteiger partial charge in [0, 0.05) is 37.9 Å². The zero-order chi connectivity index (χ0) is 11.1. The molecule has 0 aromatic carbocycles. The van der Waals surface area contributed by atoms with Gasteiger partial charge in [-0.1, -0.05) is 0 Å². The molecule has 0 saturated carbocycles. The third-order valence-electron chi connectivity index (χ3n) is 2.10. The van der Waals surface area contributed by atoms with Gasteiger partial charge >= 0.3 is 0 Å². The Bertz CT molecular complexity index is 302. The number of rotatable bonds is 6. The number of ether oxygens (including phenoxy) is 1. The minimum absolute atomic E-state index is 0.633. The first-order chi connectivity index (χ1) is 7.26. The molecule has 4 heteroatoms. The number of nitrogens with two attached hydrogens (primary N) is 1. The van der Waals surface area contributed by atoms with Crippen molar-refractivity contribution in [3.63, 3.8) is 0 Å². The summed E-state index contributed by atoms with van der Waals surface area (Å²) in [6.45, 7) is 3.37. The van der Waals surface area contributed by atoms with Crippen LogP contribution in [0.15, 0.2) is 6.07 Å². The topological polar surface area (TPSA) is 61.0 Å². The molecule has 0 aliphatic heterocycles. The van der Waals surface area contributed by atoms with E-state index < -0.39 is 0 Å². The van der Waals surface area contributed by atoms with Gasteiger partial charge in [-0.05, 0) is 26.0 Å². The normalized spacial score (nSPS) is 10.6. The highest BCUT2D eigenvalue weighted by atomic mass is 16.5. The summed E-state index contributed by atoms with van der Waals surface area (Å²) in [4.78, 5) is 8.83. The number of hydrogen-bond acceptors (Lipinski definition) is 4. The van der Waals surface area contributed by atoms with Crippen molar-refractivity contribution in [1.29, 1.82) is 0 Å². The zero-order valence-electron chi connectivity index (χ0n) is 9.49. The van der Waals surface area contributed by atoms with Crippen LogP contribution in [0.4, 0.5) is 0 Å². The third-order valence-corrected chi connectivity index (χ3v) is 2.10. The van der Waals surface area contributed by atoms with Crippen molar-refractivity contribution in [2.45, 2.75) is 26.2 Å². The van der Waals surface area contributed by atoms with E-state index in [4.69, 9.17) is 10.5 Å². The first kappa shape index (κ1) is 12.1. The Kier molecular flexibility index (Phi) is 5.21. The summed E-state index contributed by atoms with van der Waals surface area (Å²) in [7, 11) is 1.71. The van der Waals surface area contributed by atoms with E-state index in [9.17, 15) is 0 Å². The molecule has 0 fully saturated rings. The highest BCUT2D eigenvalue weighted by molar-refractivity contribution is 5.10. The summed E-state index contributed by atoms with van der Waals surface area (Å²) in [5.41, 5.74) is 7.56. The molecule has 0 saturated heterocycles. The maximum absolute atomic E-state index is 5.50. The van der Waals surface area contributed by atoms with Gasteiger partial charge in [-0.15, -0.1) is 0 Å². The average molecular weight is 209 g/mol. The summed E-state index contributed by atoms with van der Waals surface area (Å²) in [6.07, 6.45) is 2.65. The molecule has 1 aromatic heterocycles. The molecular formula is C11H19N3O. The number of aryl methyl sites for hydroxylation is 2. The second-order valence-electron chi connectivity index (χ2n) is 3.55. The van der Waals surface area contributed by atoms with E-state index >= 15 is 0 Å². The van der Waals surface area contributed by atoms with E-state index in [1.165, 1.54) is 0 Å². The first-order valence-electron chi connectivity index (χ1n) is 5.28. The standard InChI is InChI=1S/C11H19N3O/c1-9-8-10(5-6-12)14-11(13-9)4-3-7-15-2/h8H,3-7,12H2,1-2H3. The fourth-order valence-electron chi connectivity index (χ4n) is 1.46. The lowest BCUT2D eigenvalue weighted by Gasteiger charge is -2.04. The summed E-state index contributed by atoms with van der Waals surface area (Å²) in [6, 6.07) is 1.99. The highest BCUT2D eigenvalue weighted by Crippen LogP contribution is 2.03. The monoisotopic (exact) mass is 209 g/mol. The number of hydrogen-bond donors (Lipinski definition) is 1. The van der Waals surface area contributed by atoms with Crippen molar-refractivity contribution in [2.24, 2.45) is 5.73 Å². The summed E-state index contributed by atoms with van der Waals surface area (Å²) in [5, 5.41) is 0. The lowest BCUT2D eigenvalue weighted by molar-refractivity contribution is 0.194. The molecule has 2 N–H and O–H groups in total. The quantitative estimate of drug-likeness (QED) is 0.706. The zero-order valence-corrected chi connectivity index (χ0v) is 9.49. The fraction of sp³-hybridized carbons (Fsp3) is 0.636. The maximum atomic E-state index is 5.50. The maximum Gasteiger partial charge on any atom is 0.128 e. The molecule has 0 bridgehead atoms. The van der Waals surface area contributed by atoms with E-state index in [-0.39, 0.29) is 0 Å². The minimum atomic E-state index is 0.633. The molecule has 1 rings (SSSR count). The lowest BCUT2D eigenvalue weighted by atomic mass is 10.2. The van der Waals surface area contributed by atoms with E-state index in [0.717, 1.165) is 43.1 Å². The van der Waals surface area contributed by atoms with Crippen LogP contribution in [0.25, 0.3) is 0 Å². The number of nitrogens with zero attached hydrogens (tertiary/aromatic N) is 2. The molecule has 15 heavy (non-hydrogen) atoms. The van der Waals surface area contributed by atoms with Crippen LogP contribution in [0.3, 0.4) is 0 Å². The SMILES string of the molecule is COCCCc1nc(C)cc(CCN)n1. The Morgan fingerprint density at radius 1 is 1.33 bits per heavy atom. The van der Waals surface area contributed by atoms with Crippen LogP contribution in [0.5, 0.6) is 0 Å². The van der Waals surface area contributed by atoms with Crippen molar-refractivity contribution in [3.8, 4) is 0 Å². The van der Waals surface area contributed by atoms with E-state index in [2.05, 4.69) is 9.97 Å². The van der Waals surface area contributed by atoms with Gasteiger partial charge in [0.1, 0.15) is 5.82 Å². The Balaban J connectivity index is 2.62. The van der Waals surface area contributed by atoms with Gasteiger partial charge in [0.15, 0.2) is 0 Å². The second kappa shape index (κ2) is 6.48. The van der Waals surface area contributed by atoms with Gasteiger partial charge in [0.25, 0.3) is 0 Å². The number of methoxy groups -OCH3 is 1. The molecule has 1 aromatic rings. The largest absolute Gasteiger partial charge is 0.385 e. The van der Waals surface area contributed by atoms with Gasteiger partial charge < -0.3 is 10.5 Å². The van der Waals surface area contributed by atoms with Crippen LogP contribution in [0, 0.1) is 6.92 Å². The van der Waals surface area contributed by atoms with Crippen molar-refractivity contribution >= 4 is 0 Å². The van der Waals surface area contributed by atoms with Gasteiger partial charge in [-0.25, -0.2) is 9.97 Å². The summed E-state index contributed by atoms with van der Waals surface area (Å²) < 4.78 is 5.00. The van der Waals surface area contributed by atoms with Crippen LogP contribution < -0.4 is 5.73 Å². The molecule has 0 atom stereocenters. The van der Waals surface area contributed by atoms with Crippen molar-refractivity contribution in [3.05, 3.63) is 23.3 Å². The molecule has 1 heterocycles. The molecule has 4 nitrogen and oxygen atoms in total. The first-order valence-corrected chi connectivity index (χ1v) is 5.28. The van der Waals surface area contributed by atoms with Crippen LogP contribution in [0.1, 0.15) is 23.6 Å². The van der Waals surface area contributed by atoms with Crippen LogP contribution in [-0.2, 0) is 17.6 Å².